The molecule has 21 heavy (non-hydrogen) atoms. The zero-order valence-electron chi connectivity index (χ0n) is 11.6. The van der Waals surface area contributed by atoms with E-state index in [1.165, 1.54) is 6.08 Å². The van der Waals surface area contributed by atoms with Crippen LogP contribution in [0.25, 0.3) is 17.1 Å². The highest BCUT2D eigenvalue weighted by molar-refractivity contribution is 5.92. The van der Waals surface area contributed by atoms with E-state index in [0.717, 1.165) is 23.9 Å². The van der Waals surface area contributed by atoms with Crippen molar-refractivity contribution in [3.05, 3.63) is 42.2 Å². The van der Waals surface area contributed by atoms with Crippen LogP contribution in [-0.2, 0) is 4.79 Å². The number of nitrogens with zero attached hydrogens (tertiary/aromatic N) is 3. The summed E-state index contributed by atoms with van der Waals surface area (Å²) in [6.07, 6.45) is 6.65. The molecule has 0 radical (unpaired) electrons. The first-order valence-corrected chi connectivity index (χ1v) is 7.09. The molecule has 1 aliphatic rings. The average Bonchev–Trinajstić information content (AvgIpc) is 3.01. The van der Waals surface area contributed by atoms with Crippen molar-refractivity contribution in [1.29, 1.82) is 0 Å². The highest BCUT2D eigenvalue weighted by Gasteiger charge is 2.26. The molecule has 0 aliphatic carbocycles. The highest BCUT2D eigenvalue weighted by atomic mass is 16.3. The van der Waals surface area contributed by atoms with Crippen LogP contribution in [0.5, 0.6) is 0 Å². The van der Waals surface area contributed by atoms with Gasteiger partial charge in [-0.15, -0.1) is 0 Å². The van der Waals surface area contributed by atoms with Crippen molar-refractivity contribution in [2.75, 3.05) is 13.2 Å². The van der Waals surface area contributed by atoms with E-state index in [-0.39, 0.29) is 18.6 Å². The number of rotatable bonds is 3. The molecule has 1 aliphatic heterocycles. The average molecular weight is 283 g/mol. The van der Waals surface area contributed by atoms with Crippen molar-refractivity contribution in [3.63, 3.8) is 0 Å². The lowest BCUT2D eigenvalue weighted by Crippen LogP contribution is -2.36. The maximum atomic E-state index is 12.1. The third-order valence-electron chi connectivity index (χ3n) is 3.73. The Bertz CT molecular complexity index is 684. The van der Waals surface area contributed by atoms with E-state index in [0.29, 0.717) is 12.2 Å². The highest BCUT2D eigenvalue weighted by Crippen LogP contribution is 2.17. The van der Waals surface area contributed by atoms with E-state index < -0.39 is 0 Å². The van der Waals surface area contributed by atoms with E-state index in [2.05, 4.69) is 9.97 Å². The Morgan fingerprint density at radius 2 is 2.19 bits per heavy atom. The Kier molecular flexibility index (Phi) is 3.92. The maximum absolute atomic E-state index is 12.1. The van der Waals surface area contributed by atoms with Crippen LogP contribution in [0.3, 0.4) is 0 Å². The van der Waals surface area contributed by atoms with Gasteiger partial charge in [0, 0.05) is 12.6 Å². The fraction of sp³-hybridized carbons (Fsp3) is 0.312. The number of hydrogen-bond acceptors (Lipinski definition) is 4. The van der Waals surface area contributed by atoms with Crippen LogP contribution in [0.4, 0.5) is 0 Å². The van der Waals surface area contributed by atoms with Crippen LogP contribution < -0.4 is 0 Å². The number of para-hydroxylation sites is 2. The van der Waals surface area contributed by atoms with E-state index in [1.807, 2.05) is 24.3 Å². The second-order valence-electron chi connectivity index (χ2n) is 5.13. The summed E-state index contributed by atoms with van der Waals surface area (Å²) < 4.78 is 0. The number of likely N-dealkylation sites (tertiary alicyclic amines) is 1. The Morgan fingerprint density at radius 3 is 3.00 bits per heavy atom. The summed E-state index contributed by atoms with van der Waals surface area (Å²) in [5.41, 5.74) is 2.30. The van der Waals surface area contributed by atoms with Gasteiger partial charge in [-0.1, -0.05) is 12.1 Å². The Morgan fingerprint density at radius 1 is 1.38 bits per heavy atom. The minimum atomic E-state index is -0.0819. The molecule has 0 bridgehead atoms. The van der Waals surface area contributed by atoms with Crippen molar-refractivity contribution < 1.29 is 9.90 Å². The standard InChI is InChI=1S/C16H17N3O2/c20-11-13-4-3-9-19(13)16(21)8-7-12-10-17-14-5-1-2-6-15(14)18-12/h1-2,5-8,10,13,20H,3-4,9,11H2/b8-7+. The molecule has 2 heterocycles. The van der Waals surface area contributed by atoms with Gasteiger partial charge in [0.05, 0.1) is 35.6 Å². The maximum Gasteiger partial charge on any atom is 0.246 e. The number of carbonyl (C=O) groups is 1. The summed E-state index contributed by atoms with van der Waals surface area (Å²) in [5, 5.41) is 9.25. The quantitative estimate of drug-likeness (QED) is 0.869. The predicted octanol–water partition coefficient (Wildman–Crippen LogP) is 1.63. The zero-order chi connectivity index (χ0) is 14.7. The molecule has 0 saturated carbocycles. The van der Waals surface area contributed by atoms with Crippen molar-refractivity contribution in [1.82, 2.24) is 14.9 Å². The smallest absolute Gasteiger partial charge is 0.246 e. The molecule has 1 atom stereocenters. The fourth-order valence-corrected chi connectivity index (χ4v) is 2.62. The zero-order valence-corrected chi connectivity index (χ0v) is 11.6. The van der Waals surface area contributed by atoms with Crippen LogP contribution in [0.2, 0.25) is 0 Å². The van der Waals surface area contributed by atoms with Gasteiger partial charge in [-0.2, -0.15) is 0 Å². The van der Waals surface area contributed by atoms with E-state index in [9.17, 15) is 9.90 Å². The van der Waals surface area contributed by atoms with Gasteiger partial charge in [-0.3, -0.25) is 9.78 Å². The first kappa shape index (κ1) is 13.7. The Labute approximate surface area is 122 Å². The molecule has 108 valence electrons. The summed E-state index contributed by atoms with van der Waals surface area (Å²) in [6.45, 7) is 0.729. The second-order valence-corrected chi connectivity index (χ2v) is 5.13. The van der Waals surface area contributed by atoms with E-state index in [1.54, 1.807) is 17.2 Å². The van der Waals surface area contributed by atoms with Gasteiger partial charge in [-0.25, -0.2) is 4.98 Å². The topological polar surface area (TPSA) is 66.3 Å². The van der Waals surface area contributed by atoms with Crippen LogP contribution in [0.15, 0.2) is 36.5 Å². The fourth-order valence-electron chi connectivity index (χ4n) is 2.62. The molecule has 2 aromatic rings. The SMILES string of the molecule is O=C(/C=C/c1cnc2ccccc2n1)N1CCCC1CO. The van der Waals surface area contributed by atoms with Gasteiger partial charge < -0.3 is 10.0 Å². The van der Waals surface area contributed by atoms with Crippen molar-refractivity contribution in [3.8, 4) is 0 Å². The first-order valence-electron chi connectivity index (χ1n) is 7.09. The minimum Gasteiger partial charge on any atom is -0.394 e. The van der Waals surface area contributed by atoms with E-state index in [4.69, 9.17) is 0 Å². The predicted molar refractivity (Wildman–Crippen MR) is 80.4 cm³/mol. The number of fused-ring (bicyclic) bond motifs is 1. The lowest BCUT2D eigenvalue weighted by atomic mass is 10.2. The first-order chi connectivity index (χ1) is 10.3. The third-order valence-corrected chi connectivity index (χ3v) is 3.73. The van der Waals surface area contributed by atoms with Gasteiger partial charge in [-0.05, 0) is 31.1 Å². The molecule has 1 aromatic heterocycles. The number of hydrogen-bond donors (Lipinski definition) is 1. The summed E-state index contributed by atoms with van der Waals surface area (Å²) in [5.74, 6) is -0.0819. The largest absolute Gasteiger partial charge is 0.394 e. The van der Waals surface area contributed by atoms with Gasteiger partial charge in [0.2, 0.25) is 5.91 Å². The number of aliphatic hydroxyl groups excluding tert-OH is 1. The van der Waals surface area contributed by atoms with Crippen molar-refractivity contribution >= 4 is 23.0 Å². The lowest BCUT2D eigenvalue weighted by molar-refractivity contribution is -0.127. The number of carbonyl (C=O) groups excluding carboxylic acids is 1. The summed E-state index contributed by atoms with van der Waals surface area (Å²) in [6, 6.07) is 7.57. The minimum absolute atomic E-state index is 0.0232. The van der Waals surface area contributed by atoms with Gasteiger partial charge in [0.1, 0.15) is 0 Å². The van der Waals surface area contributed by atoms with E-state index >= 15 is 0 Å². The lowest BCUT2D eigenvalue weighted by Gasteiger charge is -2.21. The molecule has 3 rings (SSSR count). The van der Waals surface area contributed by atoms with Crippen LogP contribution >= 0.6 is 0 Å². The third kappa shape index (κ3) is 2.92. The number of aliphatic hydroxyl groups is 1. The van der Waals surface area contributed by atoms with Crippen molar-refractivity contribution in [2.45, 2.75) is 18.9 Å². The van der Waals surface area contributed by atoms with Gasteiger partial charge >= 0.3 is 0 Å². The van der Waals surface area contributed by atoms with Gasteiger partial charge in [0.15, 0.2) is 0 Å². The molecular weight excluding hydrogens is 266 g/mol. The molecule has 0 spiro atoms. The van der Waals surface area contributed by atoms with Crippen LogP contribution in [0, 0.1) is 0 Å². The summed E-state index contributed by atoms with van der Waals surface area (Å²) in [4.78, 5) is 22.6. The molecule has 5 heteroatoms. The second kappa shape index (κ2) is 6.01. The molecular formula is C16H17N3O2. The van der Waals surface area contributed by atoms with Crippen LogP contribution in [0.1, 0.15) is 18.5 Å². The van der Waals surface area contributed by atoms with Crippen molar-refractivity contribution in [2.24, 2.45) is 0 Å². The van der Waals surface area contributed by atoms with Crippen LogP contribution in [-0.4, -0.2) is 45.1 Å². The molecule has 1 fully saturated rings. The monoisotopic (exact) mass is 283 g/mol. The molecule has 1 N–H and O–H groups in total. The molecule has 1 saturated heterocycles. The molecule has 1 aromatic carbocycles. The normalized spacial score (nSPS) is 18.7. The Hall–Kier alpha value is -2.27. The Balaban J connectivity index is 1.76. The molecule has 1 amide bonds. The molecule has 1 unspecified atom stereocenters. The summed E-state index contributed by atoms with van der Waals surface area (Å²) in [7, 11) is 0. The number of amides is 1. The van der Waals surface area contributed by atoms with Gasteiger partial charge in [0.25, 0.3) is 0 Å². The number of benzene rings is 1. The number of aromatic nitrogens is 2. The molecule has 5 nitrogen and oxygen atoms in total. The summed E-state index contributed by atoms with van der Waals surface area (Å²) >= 11 is 0.